The van der Waals surface area contributed by atoms with E-state index in [-0.39, 0.29) is 31.3 Å². The molecule has 0 aliphatic rings. The summed E-state index contributed by atoms with van der Waals surface area (Å²) in [6, 6.07) is 0. The molecule has 0 N–H and O–H groups in total. The van der Waals surface area contributed by atoms with Crippen LogP contribution in [0.5, 0.6) is 0 Å². The Morgan fingerprint density at radius 1 is 0.429 bits per heavy atom. The van der Waals surface area contributed by atoms with Gasteiger partial charge in [0.1, 0.15) is 0 Å². The van der Waals surface area contributed by atoms with Gasteiger partial charge in [-0.1, -0.05) is 0 Å². The minimum Gasteiger partial charge on any atom is -0.382 e. The van der Waals surface area contributed by atoms with Gasteiger partial charge in [-0.05, 0) is 0 Å². The largest absolute Gasteiger partial charge is 0.460 e. The van der Waals surface area contributed by atoms with Crippen LogP contribution < -0.4 is 0 Å². The first-order valence-corrected chi connectivity index (χ1v) is 12.5. The van der Waals surface area contributed by atoms with Crippen molar-refractivity contribution in [3.8, 4) is 0 Å². The van der Waals surface area contributed by atoms with E-state index in [1.807, 2.05) is 0 Å². The monoisotopic (exact) mass is 781 g/mol. The molecule has 0 aliphatic heterocycles. The minimum atomic E-state index is -9.27. The zero-order valence-corrected chi connectivity index (χ0v) is 24.3. The maximum Gasteiger partial charge on any atom is 0.460 e. The Kier molecular flexibility index (Phi) is 14.9. The first-order chi connectivity index (χ1) is 21.7. The van der Waals surface area contributed by atoms with Gasteiger partial charge >= 0.3 is 59.5 Å². The summed E-state index contributed by atoms with van der Waals surface area (Å²) in [7, 11) is 2.34. The molecule has 0 bridgehead atoms. The number of carbonyl (C=O) groups excluding carboxylic acids is 1. The van der Waals surface area contributed by atoms with E-state index in [0.717, 1.165) is 0 Å². The van der Waals surface area contributed by atoms with E-state index < -0.39 is 98.1 Å². The first kappa shape index (κ1) is 46.8. The quantitative estimate of drug-likeness (QED) is 0.0894. The van der Waals surface area contributed by atoms with Gasteiger partial charge in [-0.25, -0.2) is 0 Å². The van der Waals surface area contributed by atoms with Gasteiger partial charge < -0.3 is 23.8 Å². The van der Waals surface area contributed by atoms with Crippen molar-refractivity contribution in [3.63, 3.8) is 0 Å². The molecule has 0 atom stereocenters. The Labute approximate surface area is 260 Å². The highest BCUT2D eigenvalue weighted by molar-refractivity contribution is 5.77. The number of methoxy groups -OCH3 is 2. The predicted octanol–water partition coefficient (Wildman–Crippen LogP) is 6.81. The molecule has 0 rings (SSSR count). The molecule has 49 heavy (non-hydrogen) atoms. The fraction of sp³-hybridized carbons (Fsp3) is 0.955. The number of nitrogens with zero attached hydrogens (tertiary/aromatic N) is 1. The molecular formula is C22H24F21NO5. The molecule has 0 unspecified atom stereocenters. The van der Waals surface area contributed by atoms with Gasteiger partial charge in [-0.15, -0.1) is 0 Å². The summed E-state index contributed by atoms with van der Waals surface area (Å²) in [6.07, 6.45) is -11.4. The second-order valence-electron chi connectivity index (χ2n) is 9.57. The van der Waals surface area contributed by atoms with Crippen LogP contribution in [0.25, 0.3) is 0 Å². The van der Waals surface area contributed by atoms with Crippen molar-refractivity contribution in [1.82, 2.24) is 4.90 Å². The van der Waals surface area contributed by atoms with E-state index in [1.165, 1.54) is 14.2 Å². The molecule has 1 amide bonds. The van der Waals surface area contributed by atoms with Crippen LogP contribution in [0.3, 0.4) is 0 Å². The molecule has 0 aromatic heterocycles. The third-order valence-corrected chi connectivity index (χ3v) is 6.18. The third kappa shape index (κ3) is 8.49. The molecule has 6 nitrogen and oxygen atoms in total. The Bertz CT molecular complexity index is 1050. The first-order valence-electron chi connectivity index (χ1n) is 12.5. The van der Waals surface area contributed by atoms with Crippen LogP contribution in [0.2, 0.25) is 0 Å². The summed E-state index contributed by atoms with van der Waals surface area (Å²) in [5.74, 6) is -80.7. The Morgan fingerprint density at radius 3 is 1.00 bits per heavy atom. The maximum absolute atomic E-state index is 14.4. The normalized spacial score (nSPS) is 15.2. The lowest BCUT2D eigenvalue weighted by molar-refractivity contribution is -0.474. The molecule has 0 aromatic rings. The third-order valence-electron chi connectivity index (χ3n) is 6.18. The van der Waals surface area contributed by atoms with Gasteiger partial charge in [0.05, 0.1) is 46.1 Å². The summed E-state index contributed by atoms with van der Waals surface area (Å²) in [4.78, 5) is 12.4. The summed E-state index contributed by atoms with van der Waals surface area (Å²) >= 11 is 0. The lowest BCUT2D eigenvalue weighted by Gasteiger charge is -2.44. The highest BCUT2D eigenvalue weighted by atomic mass is 19.4. The van der Waals surface area contributed by atoms with Crippen molar-refractivity contribution in [2.75, 3.05) is 67.0 Å². The Hall–Kier alpha value is -2.16. The maximum atomic E-state index is 14.4. The Balaban J connectivity index is 6.65. The van der Waals surface area contributed by atoms with Crippen LogP contribution in [-0.4, -0.2) is 137 Å². The van der Waals surface area contributed by atoms with Crippen molar-refractivity contribution < 1.29 is 116 Å². The SMILES string of the molecule is COCCOCCN(CCOCCOC)C(=O)CC(F)(F)C(F)(F)C(F)(F)C(F)(F)C(F)(F)C(F)(F)C(F)(F)C(F)(F)C(F)(F)C(F)(F)F. The smallest absolute Gasteiger partial charge is 0.382 e. The van der Waals surface area contributed by atoms with Gasteiger partial charge in [-0.2, -0.15) is 92.2 Å². The number of alkyl halides is 21. The number of amides is 1. The van der Waals surface area contributed by atoms with Crippen molar-refractivity contribution in [1.29, 1.82) is 0 Å². The summed E-state index contributed by atoms with van der Waals surface area (Å²) < 4.78 is 304. The predicted molar refractivity (Wildman–Crippen MR) is 117 cm³/mol. The van der Waals surface area contributed by atoms with E-state index in [1.54, 1.807) is 0 Å². The molecule has 0 saturated heterocycles. The standard InChI is InChI=1S/C22H24F21NO5/c1-46-7-9-48-5-3-44(4-6-49-10-8-47-2)12(45)11-13(23,24)14(25,26)15(27,28)16(29,30)17(31,32)18(33,34)19(35,36)20(37,38)21(39,40)22(41,42)43/h3-11H2,1-2H3. The molecule has 0 heterocycles. The van der Waals surface area contributed by atoms with E-state index >= 15 is 0 Å². The summed E-state index contributed by atoms with van der Waals surface area (Å²) in [5, 5.41) is 0. The molecule has 0 fully saturated rings. The van der Waals surface area contributed by atoms with Crippen molar-refractivity contribution in [2.45, 2.75) is 65.9 Å². The highest BCUT2D eigenvalue weighted by Gasteiger charge is 2.97. The molecule has 0 aromatic carbocycles. The Morgan fingerprint density at radius 2 is 0.714 bits per heavy atom. The fourth-order valence-electron chi connectivity index (χ4n) is 3.20. The second kappa shape index (κ2) is 15.6. The van der Waals surface area contributed by atoms with Crippen LogP contribution in [0.4, 0.5) is 92.2 Å². The van der Waals surface area contributed by atoms with Crippen molar-refractivity contribution >= 4 is 5.91 Å². The average molecular weight is 781 g/mol. The van der Waals surface area contributed by atoms with Gasteiger partial charge in [0.15, 0.2) is 0 Å². The van der Waals surface area contributed by atoms with Gasteiger partial charge in [-0.3, -0.25) is 4.79 Å². The zero-order valence-electron chi connectivity index (χ0n) is 24.3. The number of hydrogen-bond donors (Lipinski definition) is 0. The number of rotatable bonds is 22. The summed E-state index contributed by atoms with van der Waals surface area (Å²) in [5.41, 5.74) is 0. The van der Waals surface area contributed by atoms with E-state index in [0.29, 0.717) is 0 Å². The van der Waals surface area contributed by atoms with Crippen molar-refractivity contribution in [2.24, 2.45) is 0 Å². The van der Waals surface area contributed by atoms with Gasteiger partial charge in [0, 0.05) is 27.3 Å². The fourth-order valence-corrected chi connectivity index (χ4v) is 3.20. The van der Waals surface area contributed by atoms with Crippen LogP contribution in [0.15, 0.2) is 0 Å². The molecule has 0 spiro atoms. The number of carbonyl (C=O) groups is 1. The van der Waals surface area contributed by atoms with Crippen LogP contribution in [0, 0.1) is 0 Å². The van der Waals surface area contributed by atoms with Gasteiger partial charge in [0.2, 0.25) is 5.91 Å². The lowest BCUT2D eigenvalue weighted by atomic mass is 9.85. The zero-order chi connectivity index (χ0) is 39.3. The van der Waals surface area contributed by atoms with Gasteiger partial charge in [0.25, 0.3) is 0 Å². The molecular weight excluding hydrogens is 757 g/mol. The number of ether oxygens (including phenoxy) is 4. The molecule has 294 valence electrons. The average Bonchev–Trinajstić information content (AvgIpc) is 2.94. The number of hydrogen-bond acceptors (Lipinski definition) is 5. The van der Waals surface area contributed by atoms with E-state index in [4.69, 9.17) is 9.47 Å². The minimum absolute atomic E-state index is 0.0616. The van der Waals surface area contributed by atoms with Crippen LogP contribution >= 0.6 is 0 Å². The highest BCUT2D eigenvalue weighted by Crippen LogP contribution is 2.66. The van der Waals surface area contributed by atoms with Crippen LogP contribution in [0.1, 0.15) is 6.42 Å². The second-order valence-corrected chi connectivity index (χ2v) is 9.57. The van der Waals surface area contributed by atoms with E-state index in [9.17, 15) is 97.0 Å². The van der Waals surface area contributed by atoms with Crippen molar-refractivity contribution in [3.05, 3.63) is 0 Å². The topological polar surface area (TPSA) is 57.2 Å². The lowest BCUT2D eigenvalue weighted by Crippen LogP contribution is -2.76. The molecule has 0 radical (unpaired) electrons. The molecule has 0 aliphatic carbocycles. The van der Waals surface area contributed by atoms with Crippen LogP contribution in [-0.2, 0) is 23.7 Å². The molecule has 27 heteroatoms. The van der Waals surface area contributed by atoms with E-state index in [2.05, 4.69) is 9.47 Å². The summed E-state index contributed by atoms with van der Waals surface area (Å²) in [6.45, 7) is -3.93. The molecule has 0 saturated carbocycles. The number of halogens is 21.